The summed E-state index contributed by atoms with van der Waals surface area (Å²) < 4.78 is 4.53. The number of nitrogen functional groups attached to an aromatic ring is 1. The first-order chi connectivity index (χ1) is 6.69. The zero-order chi connectivity index (χ0) is 10.6. The molecule has 0 bridgehead atoms. The van der Waals surface area contributed by atoms with Gasteiger partial charge >= 0.3 is 5.97 Å². The van der Waals surface area contributed by atoms with Crippen molar-refractivity contribution in [3.8, 4) is 0 Å². The van der Waals surface area contributed by atoms with E-state index in [0.29, 0.717) is 16.3 Å². The molecule has 0 heterocycles. The van der Waals surface area contributed by atoms with Crippen LogP contribution in [0.25, 0.3) is 0 Å². The molecule has 0 aliphatic heterocycles. The molecule has 0 aliphatic rings. The Morgan fingerprint density at radius 2 is 2.36 bits per heavy atom. The van der Waals surface area contributed by atoms with Crippen LogP contribution in [0.5, 0.6) is 0 Å². The van der Waals surface area contributed by atoms with Gasteiger partial charge in [-0.1, -0.05) is 23.7 Å². The van der Waals surface area contributed by atoms with Gasteiger partial charge in [0.2, 0.25) is 0 Å². The Kier molecular flexibility index (Phi) is 3.73. The summed E-state index contributed by atoms with van der Waals surface area (Å²) in [5.41, 5.74) is 3.72. The van der Waals surface area contributed by atoms with Crippen LogP contribution in [0.2, 0.25) is 5.02 Å². The quantitative estimate of drug-likeness (QED) is 0.453. The van der Waals surface area contributed by atoms with Gasteiger partial charge in [0.05, 0.1) is 24.2 Å². The Labute approximate surface area is 87.0 Å². The molecule has 14 heavy (non-hydrogen) atoms. The average molecular weight is 215 g/mol. The molecule has 0 unspecified atom stereocenters. The molecule has 0 aromatic heterocycles. The number of ether oxygens (including phenoxy) is 1. The maximum atomic E-state index is 11.0. The molecule has 0 atom stereocenters. The molecule has 5 heteroatoms. The number of rotatable bonds is 3. The predicted molar refractivity (Wildman–Crippen MR) is 55.0 cm³/mol. The summed E-state index contributed by atoms with van der Waals surface area (Å²) in [4.78, 5) is 11.0. The first kappa shape index (κ1) is 10.8. The Bertz CT molecular complexity index is 342. The van der Waals surface area contributed by atoms with Crippen molar-refractivity contribution in [2.75, 3.05) is 12.5 Å². The number of nitrogens with two attached hydrogens (primary N) is 1. The molecule has 0 radical (unpaired) electrons. The summed E-state index contributed by atoms with van der Waals surface area (Å²) in [5.74, 6) is 4.90. The highest BCUT2D eigenvalue weighted by molar-refractivity contribution is 6.34. The second kappa shape index (κ2) is 4.83. The van der Waals surface area contributed by atoms with Crippen molar-refractivity contribution in [2.24, 2.45) is 5.84 Å². The molecule has 0 aliphatic carbocycles. The number of esters is 1. The SMILES string of the molecule is COC(=O)Cc1cccc(NN)c1Cl. The van der Waals surface area contributed by atoms with Crippen LogP contribution in [-0.4, -0.2) is 13.1 Å². The molecule has 1 aromatic rings. The summed E-state index contributed by atoms with van der Waals surface area (Å²) in [6, 6.07) is 5.24. The number of hydrazine groups is 1. The number of benzene rings is 1. The van der Waals surface area contributed by atoms with E-state index >= 15 is 0 Å². The van der Waals surface area contributed by atoms with E-state index in [1.807, 2.05) is 0 Å². The molecule has 0 fully saturated rings. The van der Waals surface area contributed by atoms with E-state index < -0.39 is 0 Å². The lowest BCUT2D eigenvalue weighted by Crippen LogP contribution is -2.09. The minimum Gasteiger partial charge on any atom is -0.469 e. The number of carbonyl (C=O) groups is 1. The van der Waals surface area contributed by atoms with Gasteiger partial charge < -0.3 is 10.2 Å². The minimum atomic E-state index is -0.332. The summed E-state index contributed by atoms with van der Waals surface area (Å²) in [5, 5.41) is 0.445. The molecular formula is C9H11ClN2O2. The summed E-state index contributed by atoms with van der Waals surface area (Å²) >= 11 is 5.96. The monoisotopic (exact) mass is 214 g/mol. The van der Waals surface area contributed by atoms with Crippen molar-refractivity contribution in [3.63, 3.8) is 0 Å². The molecule has 0 amide bonds. The third-order valence-electron chi connectivity index (χ3n) is 1.80. The molecule has 0 saturated heterocycles. The number of anilines is 1. The van der Waals surface area contributed by atoms with Gasteiger partial charge in [-0.2, -0.15) is 0 Å². The highest BCUT2D eigenvalue weighted by Gasteiger charge is 2.09. The van der Waals surface area contributed by atoms with Crippen molar-refractivity contribution in [1.29, 1.82) is 0 Å². The van der Waals surface area contributed by atoms with Crippen molar-refractivity contribution in [2.45, 2.75) is 6.42 Å². The summed E-state index contributed by atoms with van der Waals surface area (Å²) in [6.45, 7) is 0. The zero-order valence-corrected chi connectivity index (χ0v) is 8.47. The van der Waals surface area contributed by atoms with E-state index in [0.717, 1.165) is 0 Å². The van der Waals surface area contributed by atoms with Crippen LogP contribution in [-0.2, 0) is 16.0 Å². The van der Waals surface area contributed by atoms with E-state index in [-0.39, 0.29) is 12.4 Å². The second-order valence-corrected chi connectivity index (χ2v) is 3.05. The Hall–Kier alpha value is -1.26. The van der Waals surface area contributed by atoms with E-state index in [2.05, 4.69) is 10.2 Å². The van der Waals surface area contributed by atoms with Crippen LogP contribution in [0.4, 0.5) is 5.69 Å². The summed E-state index contributed by atoms with van der Waals surface area (Å²) in [7, 11) is 1.33. The van der Waals surface area contributed by atoms with Crippen molar-refractivity contribution in [3.05, 3.63) is 28.8 Å². The Morgan fingerprint density at radius 1 is 1.64 bits per heavy atom. The van der Waals surface area contributed by atoms with Gasteiger partial charge in [0, 0.05) is 0 Å². The van der Waals surface area contributed by atoms with Crippen LogP contribution in [0.15, 0.2) is 18.2 Å². The molecule has 76 valence electrons. The standard InChI is InChI=1S/C9H11ClN2O2/c1-14-8(13)5-6-3-2-4-7(12-11)9(6)10/h2-4,12H,5,11H2,1H3. The van der Waals surface area contributed by atoms with Crippen LogP contribution in [0, 0.1) is 0 Å². The first-order valence-corrected chi connectivity index (χ1v) is 4.37. The highest BCUT2D eigenvalue weighted by Crippen LogP contribution is 2.25. The fourth-order valence-corrected chi connectivity index (χ4v) is 1.30. The van der Waals surface area contributed by atoms with Crippen LogP contribution < -0.4 is 11.3 Å². The molecule has 0 spiro atoms. The average Bonchev–Trinajstić information content (AvgIpc) is 2.21. The fraction of sp³-hybridized carbons (Fsp3) is 0.222. The molecule has 1 rings (SSSR count). The maximum Gasteiger partial charge on any atom is 0.310 e. The number of hydrogen-bond acceptors (Lipinski definition) is 4. The molecule has 0 saturated carbocycles. The van der Waals surface area contributed by atoms with E-state index in [9.17, 15) is 4.79 Å². The summed E-state index contributed by atoms with van der Waals surface area (Å²) in [6.07, 6.45) is 0.144. The predicted octanol–water partition coefficient (Wildman–Crippen LogP) is 1.34. The van der Waals surface area contributed by atoms with Crippen LogP contribution in [0.1, 0.15) is 5.56 Å². The number of nitrogens with one attached hydrogen (secondary N) is 1. The van der Waals surface area contributed by atoms with Gasteiger partial charge in [-0.05, 0) is 11.6 Å². The van der Waals surface area contributed by atoms with Crippen molar-refractivity contribution < 1.29 is 9.53 Å². The topological polar surface area (TPSA) is 64.3 Å². The third-order valence-corrected chi connectivity index (χ3v) is 2.24. The molecule has 1 aromatic carbocycles. The van der Waals surface area contributed by atoms with Gasteiger partial charge in [-0.25, -0.2) is 0 Å². The van der Waals surface area contributed by atoms with Gasteiger partial charge in [-0.15, -0.1) is 0 Å². The number of methoxy groups -OCH3 is 1. The van der Waals surface area contributed by atoms with Crippen molar-refractivity contribution >= 4 is 23.3 Å². The van der Waals surface area contributed by atoms with E-state index in [1.54, 1.807) is 18.2 Å². The van der Waals surface area contributed by atoms with E-state index in [4.69, 9.17) is 17.4 Å². The normalized spacial score (nSPS) is 9.64. The van der Waals surface area contributed by atoms with Gasteiger partial charge in [-0.3, -0.25) is 10.6 Å². The maximum absolute atomic E-state index is 11.0. The zero-order valence-electron chi connectivity index (χ0n) is 7.71. The Morgan fingerprint density at radius 3 is 2.93 bits per heavy atom. The Balaban J connectivity index is 2.92. The lowest BCUT2D eigenvalue weighted by Gasteiger charge is -2.07. The van der Waals surface area contributed by atoms with Crippen LogP contribution >= 0.6 is 11.6 Å². The second-order valence-electron chi connectivity index (χ2n) is 2.68. The van der Waals surface area contributed by atoms with Crippen LogP contribution in [0.3, 0.4) is 0 Å². The smallest absolute Gasteiger partial charge is 0.310 e. The highest BCUT2D eigenvalue weighted by atomic mass is 35.5. The van der Waals surface area contributed by atoms with Gasteiger partial charge in [0.15, 0.2) is 0 Å². The fourth-order valence-electron chi connectivity index (χ4n) is 1.06. The first-order valence-electron chi connectivity index (χ1n) is 4.00. The van der Waals surface area contributed by atoms with Gasteiger partial charge in [0.1, 0.15) is 0 Å². The third kappa shape index (κ3) is 2.37. The van der Waals surface area contributed by atoms with Crippen molar-refractivity contribution in [1.82, 2.24) is 0 Å². The largest absolute Gasteiger partial charge is 0.469 e. The number of hydrogen-bond donors (Lipinski definition) is 2. The number of carbonyl (C=O) groups excluding carboxylic acids is 1. The lowest BCUT2D eigenvalue weighted by molar-refractivity contribution is -0.139. The van der Waals surface area contributed by atoms with Gasteiger partial charge in [0.25, 0.3) is 0 Å². The lowest BCUT2D eigenvalue weighted by atomic mass is 10.1. The molecular weight excluding hydrogens is 204 g/mol. The van der Waals surface area contributed by atoms with E-state index in [1.165, 1.54) is 7.11 Å². The number of halogens is 1. The molecule has 4 nitrogen and oxygen atoms in total. The minimum absolute atomic E-state index is 0.144. The molecule has 3 N–H and O–H groups in total.